The zero-order chi connectivity index (χ0) is 13.1. The highest BCUT2D eigenvalue weighted by Crippen LogP contribution is 2.20. The number of nitrogen functional groups attached to an aromatic ring is 1. The molecule has 1 aromatic carbocycles. The van der Waals surface area contributed by atoms with Crippen molar-refractivity contribution in [2.24, 2.45) is 0 Å². The summed E-state index contributed by atoms with van der Waals surface area (Å²) in [6.45, 7) is 1.24. The van der Waals surface area contributed by atoms with Crippen molar-refractivity contribution >= 4 is 23.4 Å². The molecule has 1 aliphatic rings. The molecule has 0 bridgehead atoms. The van der Waals surface area contributed by atoms with Crippen LogP contribution in [0.2, 0.25) is 0 Å². The van der Waals surface area contributed by atoms with Crippen LogP contribution in [0.4, 0.5) is 14.5 Å². The highest BCUT2D eigenvalue weighted by atomic mass is 32.2. The van der Waals surface area contributed by atoms with Gasteiger partial charge in [-0.2, -0.15) is 11.8 Å². The van der Waals surface area contributed by atoms with Crippen molar-refractivity contribution < 1.29 is 13.6 Å². The summed E-state index contributed by atoms with van der Waals surface area (Å²) >= 11 is 1.78. The van der Waals surface area contributed by atoms with Gasteiger partial charge in [-0.15, -0.1) is 0 Å². The van der Waals surface area contributed by atoms with E-state index < -0.39 is 11.6 Å². The maximum absolute atomic E-state index is 13.2. The van der Waals surface area contributed by atoms with Gasteiger partial charge in [0.05, 0.1) is 5.56 Å². The molecule has 2 rings (SSSR count). The Kier molecular flexibility index (Phi) is 4.06. The van der Waals surface area contributed by atoms with Crippen molar-refractivity contribution in [1.82, 2.24) is 4.90 Å². The first-order chi connectivity index (χ1) is 8.59. The van der Waals surface area contributed by atoms with E-state index in [0.29, 0.717) is 13.1 Å². The van der Waals surface area contributed by atoms with Gasteiger partial charge < -0.3 is 10.6 Å². The summed E-state index contributed by atoms with van der Waals surface area (Å²) in [5, 5.41) is 0. The third-order valence-electron chi connectivity index (χ3n) is 2.83. The topological polar surface area (TPSA) is 46.3 Å². The molecule has 1 saturated heterocycles. The van der Waals surface area contributed by atoms with Crippen LogP contribution < -0.4 is 5.73 Å². The number of carbonyl (C=O) groups excluding carboxylic acids is 1. The van der Waals surface area contributed by atoms with Gasteiger partial charge in [-0.05, 0) is 18.2 Å². The SMILES string of the molecule is Nc1cc(F)c(F)cc1C(=O)N1CCCSCC1. The average Bonchev–Trinajstić information content (AvgIpc) is 2.61. The fourth-order valence-electron chi connectivity index (χ4n) is 1.87. The Balaban J connectivity index is 2.24. The standard InChI is InChI=1S/C12H14F2N2OS/c13-9-6-8(11(15)7-10(9)14)12(17)16-2-1-4-18-5-3-16/h6-7H,1-5,15H2. The van der Waals surface area contributed by atoms with E-state index in [-0.39, 0.29) is 17.2 Å². The second-order valence-electron chi connectivity index (χ2n) is 4.11. The lowest BCUT2D eigenvalue weighted by Crippen LogP contribution is -2.33. The molecule has 98 valence electrons. The predicted octanol–water partition coefficient (Wildman–Crippen LogP) is 2.13. The number of hydrogen-bond donors (Lipinski definition) is 1. The van der Waals surface area contributed by atoms with Crippen LogP contribution in [0.3, 0.4) is 0 Å². The molecule has 3 nitrogen and oxygen atoms in total. The van der Waals surface area contributed by atoms with Crippen molar-refractivity contribution in [3.63, 3.8) is 0 Å². The van der Waals surface area contributed by atoms with Gasteiger partial charge in [0.1, 0.15) is 0 Å². The second kappa shape index (κ2) is 5.56. The average molecular weight is 272 g/mol. The fraction of sp³-hybridized carbons (Fsp3) is 0.417. The molecule has 1 aliphatic heterocycles. The summed E-state index contributed by atoms with van der Waals surface area (Å²) in [6.07, 6.45) is 0.903. The Hall–Kier alpha value is -1.30. The number of rotatable bonds is 1. The van der Waals surface area contributed by atoms with Gasteiger partial charge in [0, 0.05) is 30.6 Å². The highest BCUT2D eigenvalue weighted by Gasteiger charge is 2.21. The normalized spacial score (nSPS) is 16.4. The lowest BCUT2D eigenvalue weighted by Gasteiger charge is -2.20. The number of halogens is 2. The fourth-order valence-corrected chi connectivity index (χ4v) is 2.75. The van der Waals surface area contributed by atoms with E-state index in [2.05, 4.69) is 0 Å². The number of amides is 1. The third-order valence-corrected chi connectivity index (χ3v) is 3.88. The van der Waals surface area contributed by atoms with E-state index in [9.17, 15) is 13.6 Å². The molecule has 0 atom stereocenters. The van der Waals surface area contributed by atoms with Gasteiger partial charge in [0.15, 0.2) is 11.6 Å². The van der Waals surface area contributed by atoms with Crippen molar-refractivity contribution in [3.8, 4) is 0 Å². The van der Waals surface area contributed by atoms with Crippen LogP contribution in [-0.2, 0) is 0 Å². The second-order valence-corrected chi connectivity index (χ2v) is 5.34. The van der Waals surface area contributed by atoms with Crippen LogP contribution in [0.15, 0.2) is 12.1 Å². The molecule has 6 heteroatoms. The monoisotopic (exact) mass is 272 g/mol. The van der Waals surface area contributed by atoms with Gasteiger partial charge in [-0.25, -0.2) is 8.78 Å². The van der Waals surface area contributed by atoms with Crippen molar-refractivity contribution in [1.29, 1.82) is 0 Å². The number of nitrogens with two attached hydrogens (primary N) is 1. The molecule has 0 saturated carbocycles. The number of benzene rings is 1. The van der Waals surface area contributed by atoms with Crippen molar-refractivity contribution in [2.75, 3.05) is 30.3 Å². The molecule has 1 heterocycles. The maximum atomic E-state index is 13.2. The molecule has 1 fully saturated rings. The maximum Gasteiger partial charge on any atom is 0.256 e. The number of carbonyl (C=O) groups is 1. The lowest BCUT2D eigenvalue weighted by atomic mass is 10.1. The molecule has 0 aliphatic carbocycles. The van der Waals surface area contributed by atoms with E-state index in [4.69, 9.17) is 5.73 Å². The molecular formula is C12H14F2N2OS. The minimum atomic E-state index is -1.04. The van der Waals surface area contributed by atoms with Crippen LogP contribution in [0, 0.1) is 11.6 Å². The smallest absolute Gasteiger partial charge is 0.256 e. The Morgan fingerprint density at radius 1 is 1.22 bits per heavy atom. The molecule has 18 heavy (non-hydrogen) atoms. The molecule has 0 radical (unpaired) electrons. The third kappa shape index (κ3) is 2.75. The van der Waals surface area contributed by atoms with Crippen LogP contribution in [-0.4, -0.2) is 35.4 Å². The summed E-state index contributed by atoms with van der Waals surface area (Å²) in [4.78, 5) is 13.8. The minimum Gasteiger partial charge on any atom is -0.398 e. The van der Waals surface area contributed by atoms with Crippen LogP contribution in [0.5, 0.6) is 0 Å². The summed E-state index contributed by atoms with van der Waals surface area (Å²) in [5.74, 6) is -0.534. The quantitative estimate of drug-likeness (QED) is 0.797. The van der Waals surface area contributed by atoms with Crippen molar-refractivity contribution in [3.05, 3.63) is 29.3 Å². The zero-order valence-corrected chi connectivity index (χ0v) is 10.6. The molecule has 0 spiro atoms. The minimum absolute atomic E-state index is 0.0178. The molecular weight excluding hydrogens is 258 g/mol. The Bertz CT molecular complexity index is 460. The van der Waals surface area contributed by atoms with Gasteiger partial charge in [-0.1, -0.05) is 0 Å². The van der Waals surface area contributed by atoms with Gasteiger partial charge >= 0.3 is 0 Å². The Labute approximate surface area is 108 Å². The van der Waals surface area contributed by atoms with E-state index in [0.717, 1.165) is 30.1 Å². The molecule has 0 aromatic heterocycles. The first-order valence-electron chi connectivity index (χ1n) is 5.71. The van der Waals surface area contributed by atoms with E-state index in [1.54, 1.807) is 16.7 Å². The highest BCUT2D eigenvalue weighted by molar-refractivity contribution is 7.99. The zero-order valence-electron chi connectivity index (χ0n) is 9.79. The van der Waals surface area contributed by atoms with Gasteiger partial charge in [-0.3, -0.25) is 4.79 Å². The number of hydrogen-bond acceptors (Lipinski definition) is 3. The molecule has 1 amide bonds. The Morgan fingerprint density at radius 2 is 1.94 bits per heavy atom. The first kappa shape index (κ1) is 13.1. The summed E-state index contributed by atoms with van der Waals surface area (Å²) in [7, 11) is 0. The molecule has 0 unspecified atom stereocenters. The van der Waals surface area contributed by atoms with E-state index >= 15 is 0 Å². The number of nitrogens with zero attached hydrogens (tertiary/aromatic N) is 1. The Morgan fingerprint density at radius 3 is 2.72 bits per heavy atom. The number of anilines is 1. The van der Waals surface area contributed by atoms with Crippen LogP contribution in [0.25, 0.3) is 0 Å². The van der Waals surface area contributed by atoms with E-state index in [1.807, 2.05) is 0 Å². The van der Waals surface area contributed by atoms with Crippen molar-refractivity contribution in [2.45, 2.75) is 6.42 Å². The number of thioether (sulfide) groups is 1. The first-order valence-corrected chi connectivity index (χ1v) is 6.86. The van der Waals surface area contributed by atoms with Crippen LogP contribution in [0.1, 0.15) is 16.8 Å². The predicted molar refractivity (Wildman–Crippen MR) is 68.6 cm³/mol. The summed E-state index contributed by atoms with van der Waals surface area (Å²) < 4.78 is 26.1. The summed E-state index contributed by atoms with van der Waals surface area (Å²) in [6, 6.07) is 1.74. The van der Waals surface area contributed by atoms with Gasteiger partial charge in [0.25, 0.3) is 5.91 Å². The molecule has 2 N–H and O–H groups in total. The van der Waals surface area contributed by atoms with E-state index in [1.165, 1.54) is 0 Å². The van der Waals surface area contributed by atoms with Crippen LogP contribution >= 0.6 is 11.8 Å². The molecule has 1 aromatic rings. The summed E-state index contributed by atoms with van der Waals surface area (Å²) in [5.41, 5.74) is 5.60. The largest absolute Gasteiger partial charge is 0.398 e. The lowest BCUT2D eigenvalue weighted by molar-refractivity contribution is 0.0769. The van der Waals surface area contributed by atoms with Gasteiger partial charge in [0.2, 0.25) is 0 Å².